The van der Waals surface area contributed by atoms with Gasteiger partial charge in [-0.15, -0.1) is 12.4 Å². The van der Waals surface area contributed by atoms with E-state index in [4.69, 9.17) is 0 Å². The molecule has 1 aromatic carbocycles. The number of nitrogens with one attached hydrogen (secondary N) is 3. The zero-order chi connectivity index (χ0) is 23.1. The maximum Gasteiger partial charge on any atom is 0.269 e. The first-order valence-corrected chi connectivity index (χ1v) is 11.0. The van der Waals surface area contributed by atoms with E-state index in [1.54, 1.807) is 6.07 Å². The van der Waals surface area contributed by atoms with Crippen LogP contribution in [0.4, 0.5) is 8.78 Å². The van der Waals surface area contributed by atoms with Crippen LogP contribution in [-0.4, -0.2) is 49.4 Å². The second kappa shape index (κ2) is 12.0. The number of halogens is 3. The predicted octanol–water partition coefficient (Wildman–Crippen LogP) is 3.77. The Labute approximate surface area is 199 Å². The first-order valence-electron chi connectivity index (χ1n) is 11.0. The van der Waals surface area contributed by atoms with Gasteiger partial charge in [-0.25, -0.2) is 13.8 Å². The van der Waals surface area contributed by atoms with E-state index >= 15 is 0 Å². The summed E-state index contributed by atoms with van der Waals surface area (Å²) in [6.45, 7) is 2.56. The van der Waals surface area contributed by atoms with Gasteiger partial charge in [0.2, 0.25) is 0 Å². The van der Waals surface area contributed by atoms with Crippen LogP contribution in [0.25, 0.3) is 0 Å². The number of benzene rings is 1. The van der Waals surface area contributed by atoms with Crippen molar-refractivity contribution >= 4 is 24.2 Å². The van der Waals surface area contributed by atoms with Crippen LogP contribution in [0.2, 0.25) is 0 Å². The van der Waals surface area contributed by atoms with Crippen LogP contribution in [0.5, 0.6) is 0 Å². The van der Waals surface area contributed by atoms with Crippen molar-refractivity contribution in [1.29, 1.82) is 0 Å². The van der Waals surface area contributed by atoms with Gasteiger partial charge in [0.05, 0.1) is 6.54 Å². The molecule has 0 spiro atoms. The van der Waals surface area contributed by atoms with Gasteiger partial charge in [0.1, 0.15) is 5.69 Å². The third-order valence-electron chi connectivity index (χ3n) is 5.95. The van der Waals surface area contributed by atoms with E-state index in [9.17, 15) is 18.4 Å². The second-order valence-electron chi connectivity index (χ2n) is 8.20. The van der Waals surface area contributed by atoms with E-state index < -0.39 is 11.8 Å². The van der Waals surface area contributed by atoms with Crippen molar-refractivity contribution in [3.05, 3.63) is 65.0 Å². The van der Waals surface area contributed by atoms with Gasteiger partial charge in [-0.1, -0.05) is 37.3 Å². The highest BCUT2D eigenvalue weighted by Gasteiger charge is 2.40. The summed E-state index contributed by atoms with van der Waals surface area (Å²) in [5.74, 6) is -4.22. The Morgan fingerprint density at radius 1 is 1.21 bits per heavy atom. The molecular formula is C24H31ClF2N4O2. The largest absolute Gasteiger partial charge is 0.354 e. The summed E-state index contributed by atoms with van der Waals surface area (Å²) in [5.41, 5.74) is 2.11. The van der Waals surface area contributed by atoms with E-state index in [0.717, 1.165) is 5.56 Å². The molecule has 2 heterocycles. The van der Waals surface area contributed by atoms with Crippen molar-refractivity contribution in [3.8, 4) is 0 Å². The molecule has 0 radical (unpaired) electrons. The van der Waals surface area contributed by atoms with Gasteiger partial charge in [0.25, 0.3) is 17.7 Å². The molecule has 33 heavy (non-hydrogen) atoms. The minimum atomic E-state index is -2.71. The fourth-order valence-electron chi connectivity index (χ4n) is 3.96. The second-order valence-corrected chi connectivity index (χ2v) is 8.20. The molecule has 0 saturated carbocycles. The average Bonchev–Trinajstić information content (AvgIpc) is 2.81. The van der Waals surface area contributed by atoms with E-state index in [2.05, 4.69) is 20.9 Å². The highest BCUT2D eigenvalue weighted by atomic mass is 35.5. The minimum absolute atomic E-state index is 0. The van der Waals surface area contributed by atoms with Gasteiger partial charge in [-0.05, 0) is 43.5 Å². The van der Waals surface area contributed by atoms with Crippen molar-refractivity contribution in [2.75, 3.05) is 26.7 Å². The van der Waals surface area contributed by atoms with Gasteiger partial charge in [-0.2, -0.15) is 0 Å². The molecule has 180 valence electrons. The van der Waals surface area contributed by atoms with E-state index in [1.807, 2.05) is 37.3 Å². The van der Waals surface area contributed by atoms with Crippen molar-refractivity contribution in [2.45, 2.75) is 38.0 Å². The maximum atomic E-state index is 13.9. The normalized spacial score (nSPS) is 18.0. The Hall–Kier alpha value is -2.58. The maximum absolute atomic E-state index is 13.9. The number of amides is 2. The van der Waals surface area contributed by atoms with E-state index in [1.165, 1.54) is 13.1 Å². The molecule has 9 heteroatoms. The lowest BCUT2D eigenvalue weighted by molar-refractivity contribution is -0.0762. The van der Waals surface area contributed by atoms with Gasteiger partial charge < -0.3 is 16.0 Å². The molecule has 2 aromatic rings. The van der Waals surface area contributed by atoms with Crippen molar-refractivity contribution in [2.24, 2.45) is 5.92 Å². The Morgan fingerprint density at radius 3 is 2.61 bits per heavy atom. The molecule has 0 aliphatic carbocycles. The summed E-state index contributed by atoms with van der Waals surface area (Å²) < 4.78 is 27.9. The average molecular weight is 481 g/mol. The molecule has 1 fully saturated rings. The van der Waals surface area contributed by atoms with Crippen molar-refractivity contribution in [1.82, 2.24) is 20.9 Å². The molecule has 0 bridgehead atoms. The number of aromatic nitrogens is 1. The van der Waals surface area contributed by atoms with E-state index in [0.29, 0.717) is 43.6 Å². The molecule has 3 N–H and O–H groups in total. The summed E-state index contributed by atoms with van der Waals surface area (Å²) in [5, 5.41) is 8.06. The number of pyridine rings is 1. The van der Waals surface area contributed by atoms with Gasteiger partial charge in [0.15, 0.2) is 0 Å². The number of hydrogen-bond donors (Lipinski definition) is 3. The summed E-state index contributed by atoms with van der Waals surface area (Å²) in [7, 11) is 1.51. The molecule has 2 amide bonds. The lowest BCUT2D eigenvalue weighted by Gasteiger charge is -2.31. The molecule has 3 rings (SSSR count). The molecule has 6 nitrogen and oxygen atoms in total. The smallest absolute Gasteiger partial charge is 0.269 e. The lowest BCUT2D eigenvalue weighted by atomic mass is 9.89. The fraction of sp³-hybridized carbons (Fsp3) is 0.458. The van der Waals surface area contributed by atoms with Crippen LogP contribution in [0, 0.1) is 5.92 Å². The Morgan fingerprint density at radius 2 is 1.94 bits per heavy atom. The molecule has 1 aromatic heterocycles. The highest BCUT2D eigenvalue weighted by molar-refractivity contribution is 5.98. The van der Waals surface area contributed by atoms with Crippen molar-refractivity contribution < 1.29 is 18.4 Å². The number of alkyl halides is 2. The van der Waals surface area contributed by atoms with Gasteiger partial charge in [-0.3, -0.25) is 9.59 Å². The summed E-state index contributed by atoms with van der Waals surface area (Å²) in [6.07, 6.45) is 1.25. The predicted molar refractivity (Wildman–Crippen MR) is 126 cm³/mol. The number of hydrogen-bond acceptors (Lipinski definition) is 4. The van der Waals surface area contributed by atoms with Crippen LogP contribution < -0.4 is 16.0 Å². The standard InChI is InChI=1S/C24H30F2N4O2.ClH/c1-16(17-7-4-3-5-8-17)20-13-18(14-21(30-20)23(32)27-2)22(31)29-11-6-9-19-10-12-28-15-24(19,25)26;/h3-5,7-8,13-14,16,19,28H,6,9-12,15H2,1-2H3,(H,27,32)(H,29,31);1H/t16-,19?;/m0./s1. The van der Waals surface area contributed by atoms with Gasteiger partial charge >= 0.3 is 0 Å². The monoisotopic (exact) mass is 480 g/mol. The minimum Gasteiger partial charge on any atom is -0.354 e. The van der Waals surface area contributed by atoms with Crippen LogP contribution in [0.3, 0.4) is 0 Å². The highest BCUT2D eigenvalue weighted by Crippen LogP contribution is 2.32. The summed E-state index contributed by atoms with van der Waals surface area (Å²) in [4.78, 5) is 29.4. The fourth-order valence-corrected chi connectivity index (χ4v) is 3.96. The molecule has 1 aliphatic rings. The number of carbonyl (C=O) groups excluding carboxylic acids is 2. The van der Waals surface area contributed by atoms with E-state index in [-0.39, 0.29) is 42.4 Å². The first kappa shape index (κ1) is 26.7. The van der Waals surface area contributed by atoms with Crippen LogP contribution in [0.15, 0.2) is 42.5 Å². The van der Waals surface area contributed by atoms with Crippen LogP contribution in [-0.2, 0) is 0 Å². The Bertz CT molecular complexity index is 943. The summed E-state index contributed by atoms with van der Waals surface area (Å²) in [6, 6.07) is 12.8. The molecule has 1 saturated heterocycles. The third-order valence-corrected chi connectivity index (χ3v) is 5.95. The number of nitrogens with zero attached hydrogens (tertiary/aromatic N) is 1. The quantitative estimate of drug-likeness (QED) is 0.502. The van der Waals surface area contributed by atoms with Crippen LogP contribution >= 0.6 is 12.4 Å². The number of rotatable bonds is 8. The number of piperidine rings is 1. The zero-order valence-corrected chi connectivity index (χ0v) is 19.7. The third kappa shape index (κ3) is 6.95. The summed E-state index contributed by atoms with van der Waals surface area (Å²) >= 11 is 0. The molecule has 1 unspecified atom stereocenters. The lowest BCUT2D eigenvalue weighted by Crippen LogP contribution is -2.46. The first-order chi connectivity index (χ1) is 15.3. The Kier molecular flexibility index (Phi) is 9.73. The molecular weight excluding hydrogens is 450 g/mol. The molecule has 1 aliphatic heterocycles. The zero-order valence-electron chi connectivity index (χ0n) is 18.9. The van der Waals surface area contributed by atoms with Crippen molar-refractivity contribution in [3.63, 3.8) is 0 Å². The Balaban J connectivity index is 0.00000385. The SMILES string of the molecule is CNC(=O)c1cc(C(=O)NCCCC2CCNCC2(F)F)cc([C@@H](C)c2ccccc2)n1.Cl. The van der Waals surface area contributed by atoms with Crippen LogP contribution in [0.1, 0.15) is 64.2 Å². The number of carbonyl (C=O) groups is 2. The van der Waals surface area contributed by atoms with Gasteiger partial charge in [0, 0.05) is 36.7 Å². The topological polar surface area (TPSA) is 83.1 Å². The molecule has 2 atom stereocenters.